The monoisotopic (exact) mass is 286 g/mol. The second kappa shape index (κ2) is 6.31. The fourth-order valence-electron chi connectivity index (χ4n) is 2.22. The molecule has 0 radical (unpaired) electrons. The molecular weight excluding hydrogens is 264 g/mol. The number of hydrogen-bond donors (Lipinski definition) is 1. The number of hydrogen-bond acceptors (Lipinski definition) is 2. The molecule has 0 aliphatic heterocycles. The van der Waals surface area contributed by atoms with E-state index in [0.717, 1.165) is 23.5 Å². The van der Waals surface area contributed by atoms with E-state index in [0.29, 0.717) is 16.5 Å². The number of nitrogens with one attached hydrogen (secondary N) is 1. The van der Waals surface area contributed by atoms with Crippen LogP contribution in [0.4, 0.5) is 0 Å². The van der Waals surface area contributed by atoms with E-state index in [1.807, 2.05) is 6.07 Å². The summed E-state index contributed by atoms with van der Waals surface area (Å²) in [7, 11) is 0. The Kier molecular flexibility index (Phi) is 4.71. The van der Waals surface area contributed by atoms with Crippen LogP contribution in [0.15, 0.2) is 30.3 Å². The first-order valence-electron chi connectivity index (χ1n) is 7.16. The first kappa shape index (κ1) is 14.9. The molecule has 0 saturated heterocycles. The normalized spacial score (nSPS) is 11.3. The minimum atomic E-state index is 0.544. The van der Waals surface area contributed by atoms with Gasteiger partial charge in [-0.25, -0.2) is 4.98 Å². The Hall–Kier alpha value is -1.48. The van der Waals surface area contributed by atoms with Crippen LogP contribution in [0, 0.1) is 10.6 Å². The fourth-order valence-corrected chi connectivity index (χ4v) is 2.45. The summed E-state index contributed by atoms with van der Waals surface area (Å²) in [6.07, 6.45) is 0.989. The van der Waals surface area contributed by atoms with Crippen LogP contribution in [0.2, 0.25) is 0 Å². The van der Waals surface area contributed by atoms with Gasteiger partial charge in [0.05, 0.1) is 0 Å². The van der Waals surface area contributed by atoms with Crippen molar-refractivity contribution in [2.45, 2.75) is 40.0 Å². The number of nitrogens with zero attached hydrogens (tertiary/aromatic N) is 1. The fraction of sp³-hybridized carbons (Fsp3) is 0.412. The number of H-pyrrole nitrogens is 1. The molecular formula is C17H22N2S. The van der Waals surface area contributed by atoms with E-state index < -0.39 is 0 Å². The van der Waals surface area contributed by atoms with Gasteiger partial charge < -0.3 is 4.98 Å². The van der Waals surface area contributed by atoms with Crippen molar-refractivity contribution >= 4 is 12.2 Å². The quantitative estimate of drug-likeness (QED) is 0.789. The standard InChI is InChI=1S/C17H22N2S/c1-11(2)9-15-10-16(20)19-17(18-15)14-7-5-13(6-8-14)12(3)4/h5-8,10-12H,9H2,1-4H3,(H,18,19,20). The summed E-state index contributed by atoms with van der Waals surface area (Å²) < 4.78 is 0.655. The van der Waals surface area contributed by atoms with Crippen LogP contribution in [0.5, 0.6) is 0 Å². The Balaban J connectivity index is 2.36. The molecule has 0 amide bonds. The topological polar surface area (TPSA) is 28.7 Å². The zero-order valence-corrected chi connectivity index (χ0v) is 13.4. The van der Waals surface area contributed by atoms with Gasteiger partial charge in [0, 0.05) is 11.3 Å². The second-order valence-corrected chi connectivity index (χ2v) is 6.39. The van der Waals surface area contributed by atoms with Crippen molar-refractivity contribution in [1.29, 1.82) is 0 Å². The summed E-state index contributed by atoms with van der Waals surface area (Å²) >= 11 is 5.28. The molecule has 0 saturated carbocycles. The highest BCUT2D eigenvalue weighted by molar-refractivity contribution is 7.71. The highest BCUT2D eigenvalue weighted by atomic mass is 32.1. The molecule has 0 bridgehead atoms. The van der Waals surface area contributed by atoms with Crippen LogP contribution >= 0.6 is 12.2 Å². The molecule has 3 heteroatoms. The first-order valence-corrected chi connectivity index (χ1v) is 7.57. The van der Waals surface area contributed by atoms with E-state index in [9.17, 15) is 0 Å². The summed E-state index contributed by atoms with van der Waals surface area (Å²) in [5.74, 6) is 2.01. The van der Waals surface area contributed by atoms with Gasteiger partial charge in [-0.1, -0.05) is 64.2 Å². The van der Waals surface area contributed by atoms with Crippen LogP contribution in [0.3, 0.4) is 0 Å². The average molecular weight is 286 g/mol. The van der Waals surface area contributed by atoms with Gasteiger partial charge in [-0.3, -0.25) is 0 Å². The molecule has 2 nitrogen and oxygen atoms in total. The molecule has 2 aromatic rings. The molecule has 0 atom stereocenters. The largest absolute Gasteiger partial charge is 0.343 e. The predicted molar refractivity (Wildman–Crippen MR) is 87.5 cm³/mol. The van der Waals surface area contributed by atoms with Gasteiger partial charge in [0.2, 0.25) is 0 Å². The Bertz CT molecular complexity index is 624. The highest BCUT2D eigenvalue weighted by Gasteiger charge is 2.05. The van der Waals surface area contributed by atoms with Crippen LogP contribution in [0.25, 0.3) is 11.4 Å². The smallest absolute Gasteiger partial charge is 0.139 e. The Morgan fingerprint density at radius 2 is 1.75 bits per heavy atom. The minimum Gasteiger partial charge on any atom is -0.343 e. The van der Waals surface area contributed by atoms with Gasteiger partial charge in [-0.2, -0.15) is 0 Å². The molecule has 1 aromatic heterocycles. The molecule has 0 aliphatic carbocycles. The van der Waals surface area contributed by atoms with Crippen molar-refractivity contribution in [2.75, 3.05) is 0 Å². The van der Waals surface area contributed by atoms with E-state index in [4.69, 9.17) is 12.2 Å². The molecule has 1 N–H and O–H groups in total. The van der Waals surface area contributed by atoms with Crippen LogP contribution < -0.4 is 0 Å². The molecule has 1 aromatic carbocycles. The third-order valence-electron chi connectivity index (χ3n) is 3.28. The van der Waals surface area contributed by atoms with Crippen molar-refractivity contribution in [3.05, 3.63) is 46.2 Å². The van der Waals surface area contributed by atoms with Gasteiger partial charge in [0.1, 0.15) is 10.5 Å². The maximum atomic E-state index is 5.28. The summed E-state index contributed by atoms with van der Waals surface area (Å²) in [6, 6.07) is 10.5. The number of aromatic nitrogens is 2. The Labute approximate surface area is 126 Å². The lowest BCUT2D eigenvalue weighted by molar-refractivity contribution is 0.634. The molecule has 106 valence electrons. The van der Waals surface area contributed by atoms with Crippen LogP contribution in [-0.4, -0.2) is 9.97 Å². The maximum Gasteiger partial charge on any atom is 0.139 e. The third-order valence-corrected chi connectivity index (χ3v) is 3.49. The van der Waals surface area contributed by atoms with E-state index in [-0.39, 0.29) is 0 Å². The van der Waals surface area contributed by atoms with Gasteiger partial charge in [-0.05, 0) is 29.9 Å². The third kappa shape index (κ3) is 3.76. The highest BCUT2D eigenvalue weighted by Crippen LogP contribution is 2.20. The number of aromatic amines is 1. The van der Waals surface area contributed by atoms with Crippen molar-refractivity contribution < 1.29 is 0 Å². The molecule has 1 heterocycles. The van der Waals surface area contributed by atoms with Gasteiger partial charge >= 0.3 is 0 Å². The van der Waals surface area contributed by atoms with Crippen LogP contribution in [-0.2, 0) is 6.42 Å². The van der Waals surface area contributed by atoms with Gasteiger partial charge in [0.15, 0.2) is 0 Å². The molecule has 0 unspecified atom stereocenters. The molecule has 2 rings (SSSR count). The van der Waals surface area contributed by atoms with Crippen molar-refractivity contribution in [2.24, 2.45) is 5.92 Å². The van der Waals surface area contributed by atoms with E-state index in [1.54, 1.807) is 0 Å². The number of rotatable bonds is 4. The van der Waals surface area contributed by atoms with Crippen molar-refractivity contribution in [3.63, 3.8) is 0 Å². The summed E-state index contributed by atoms with van der Waals surface area (Å²) in [4.78, 5) is 7.85. The second-order valence-electron chi connectivity index (χ2n) is 5.97. The first-order chi connectivity index (χ1) is 9.45. The lowest BCUT2D eigenvalue weighted by Crippen LogP contribution is -2.00. The van der Waals surface area contributed by atoms with Gasteiger partial charge in [-0.15, -0.1) is 0 Å². The number of benzene rings is 1. The van der Waals surface area contributed by atoms with Crippen molar-refractivity contribution in [3.8, 4) is 11.4 Å². The zero-order chi connectivity index (χ0) is 14.7. The summed E-state index contributed by atoms with van der Waals surface area (Å²) in [6.45, 7) is 8.80. The van der Waals surface area contributed by atoms with E-state index in [2.05, 4.69) is 61.9 Å². The summed E-state index contributed by atoms with van der Waals surface area (Å²) in [5, 5.41) is 0. The maximum absolute atomic E-state index is 5.28. The molecule has 0 aliphatic rings. The minimum absolute atomic E-state index is 0.544. The zero-order valence-electron chi connectivity index (χ0n) is 12.6. The van der Waals surface area contributed by atoms with E-state index in [1.165, 1.54) is 5.56 Å². The average Bonchev–Trinajstić information content (AvgIpc) is 2.37. The SMILES string of the molecule is CC(C)Cc1cc(=S)nc(-c2ccc(C(C)C)cc2)[nH]1. The Morgan fingerprint density at radius 1 is 1.10 bits per heavy atom. The lowest BCUT2D eigenvalue weighted by Gasteiger charge is -2.09. The van der Waals surface area contributed by atoms with Crippen molar-refractivity contribution in [1.82, 2.24) is 9.97 Å². The molecule has 0 fully saturated rings. The van der Waals surface area contributed by atoms with Crippen LogP contribution in [0.1, 0.15) is 44.9 Å². The molecule has 20 heavy (non-hydrogen) atoms. The lowest BCUT2D eigenvalue weighted by atomic mass is 10.0. The summed E-state index contributed by atoms with van der Waals surface area (Å²) in [5.41, 5.74) is 3.58. The van der Waals surface area contributed by atoms with Gasteiger partial charge in [0.25, 0.3) is 0 Å². The predicted octanol–water partition coefficient (Wildman–Crippen LogP) is 5.13. The molecule has 0 spiro atoms. The van der Waals surface area contributed by atoms with E-state index >= 15 is 0 Å². The Morgan fingerprint density at radius 3 is 2.30 bits per heavy atom.